The van der Waals surface area contributed by atoms with Crippen molar-refractivity contribution >= 4 is 11.7 Å². The van der Waals surface area contributed by atoms with Gasteiger partial charge in [-0.3, -0.25) is 4.79 Å². The van der Waals surface area contributed by atoms with Gasteiger partial charge in [0.25, 0.3) is 0 Å². The molecule has 0 saturated carbocycles. The number of benzene rings is 1. The molecule has 5 nitrogen and oxygen atoms in total. The number of rotatable bonds is 5. The third kappa shape index (κ3) is 3.26. The number of nitrogens with two attached hydrogens (primary N) is 1. The van der Waals surface area contributed by atoms with E-state index in [2.05, 4.69) is 5.16 Å². The topological polar surface area (TPSA) is 78.9 Å². The molecule has 1 rings (SSSR count). The van der Waals surface area contributed by atoms with Crippen LogP contribution >= 0.6 is 0 Å². The second-order valence-electron chi connectivity index (χ2n) is 4.96. The maximum absolute atomic E-state index is 13.1. The van der Waals surface area contributed by atoms with Crippen molar-refractivity contribution in [3.05, 3.63) is 35.6 Å². The van der Waals surface area contributed by atoms with Crippen molar-refractivity contribution in [1.82, 2.24) is 4.90 Å². The first-order valence-corrected chi connectivity index (χ1v) is 6.33. The van der Waals surface area contributed by atoms with E-state index in [4.69, 9.17) is 10.9 Å². The molecule has 0 aliphatic rings. The Labute approximate surface area is 117 Å². The van der Waals surface area contributed by atoms with Crippen LogP contribution in [0.15, 0.2) is 29.4 Å². The molecule has 1 atom stereocenters. The van der Waals surface area contributed by atoms with Gasteiger partial charge in [0.05, 0.1) is 0 Å². The summed E-state index contributed by atoms with van der Waals surface area (Å²) in [6.45, 7) is 3.66. The van der Waals surface area contributed by atoms with Crippen molar-refractivity contribution < 1.29 is 14.4 Å². The van der Waals surface area contributed by atoms with Gasteiger partial charge in [0.15, 0.2) is 5.84 Å². The molecule has 0 heterocycles. The predicted octanol–water partition coefficient (Wildman–Crippen LogP) is 1.95. The first-order valence-electron chi connectivity index (χ1n) is 6.33. The van der Waals surface area contributed by atoms with Crippen molar-refractivity contribution in [2.24, 2.45) is 16.3 Å². The number of halogens is 1. The quantitative estimate of drug-likeness (QED) is 0.375. The molecule has 0 aromatic heterocycles. The third-order valence-corrected chi connectivity index (χ3v) is 3.51. The number of hydrogen-bond donors (Lipinski definition) is 2. The molecule has 0 radical (unpaired) electrons. The number of nitrogens with zero attached hydrogens (tertiary/aromatic N) is 2. The van der Waals surface area contributed by atoms with E-state index in [1.54, 1.807) is 33.0 Å². The van der Waals surface area contributed by atoms with E-state index in [1.165, 1.54) is 17.0 Å². The lowest BCUT2D eigenvalue weighted by molar-refractivity contribution is -0.137. The van der Waals surface area contributed by atoms with E-state index in [-0.39, 0.29) is 24.1 Å². The minimum absolute atomic E-state index is 0.129. The lowest BCUT2D eigenvalue weighted by atomic mass is 9.84. The van der Waals surface area contributed by atoms with Crippen molar-refractivity contribution in [3.63, 3.8) is 0 Å². The van der Waals surface area contributed by atoms with Gasteiger partial charge in [0, 0.05) is 13.6 Å². The van der Waals surface area contributed by atoms with Crippen LogP contribution in [0.5, 0.6) is 0 Å². The number of amides is 1. The largest absolute Gasteiger partial charge is 0.409 e. The summed E-state index contributed by atoms with van der Waals surface area (Å²) in [6.07, 6.45) is 0.398. The molecular formula is C14H20FN3O2. The van der Waals surface area contributed by atoms with Crippen molar-refractivity contribution in [1.29, 1.82) is 0 Å². The highest BCUT2D eigenvalue weighted by atomic mass is 19.1. The average molecular weight is 281 g/mol. The molecule has 1 amide bonds. The van der Waals surface area contributed by atoms with Gasteiger partial charge >= 0.3 is 0 Å². The van der Waals surface area contributed by atoms with Gasteiger partial charge in [0.2, 0.25) is 5.91 Å². The Morgan fingerprint density at radius 3 is 2.70 bits per heavy atom. The molecule has 0 saturated heterocycles. The summed E-state index contributed by atoms with van der Waals surface area (Å²) in [7, 11) is 1.60. The Morgan fingerprint density at radius 1 is 1.55 bits per heavy atom. The average Bonchev–Trinajstić information content (AvgIpc) is 2.44. The van der Waals surface area contributed by atoms with Crippen LogP contribution in [0.1, 0.15) is 25.8 Å². The minimum atomic E-state index is -1.07. The molecule has 0 spiro atoms. The van der Waals surface area contributed by atoms with Gasteiger partial charge in [0.1, 0.15) is 11.2 Å². The molecule has 0 aliphatic heterocycles. The van der Waals surface area contributed by atoms with Crippen molar-refractivity contribution in [2.45, 2.75) is 26.8 Å². The maximum Gasteiger partial charge on any atom is 0.236 e. The third-order valence-electron chi connectivity index (χ3n) is 3.51. The predicted molar refractivity (Wildman–Crippen MR) is 74.7 cm³/mol. The maximum atomic E-state index is 13.1. The van der Waals surface area contributed by atoms with E-state index < -0.39 is 5.41 Å². The fourth-order valence-electron chi connectivity index (χ4n) is 1.95. The Balaban J connectivity index is 2.91. The van der Waals surface area contributed by atoms with Gasteiger partial charge in [-0.15, -0.1) is 0 Å². The van der Waals surface area contributed by atoms with E-state index in [1.807, 2.05) is 0 Å². The summed E-state index contributed by atoms with van der Waals surface area (Å²) in [4.78, 5) is 13.9. The zero-order chi connectivity index (χ0) is 15.3. The number of carbonyl (C=O) groups excluding carboxylic acids is 1. The monoisotopic (exact) mass is 281 g/mol. The normalized spacial score (nSPS) is 14.7. The second-order valence-corrected chi connectivity index (χ2v) is 4.96. The van der Waals surface area contributed by atoms with Crippen LogP contribution in [-0.2, 0) is 11.3 Å². The lowest BCUT2D eigenvalue weighted by Crippen LogP contribution is -2.48. The Morgan fingerprint density at radius 2 is 2.20 bits per heavy atom. The van der Waals surface area contributed by atoms with Crippen LogP contribution < -0.4 is 5.73 Å². The van der Waals surface area contributed by atoms with E-state index in [0.29, 0.717) is 12.0 Å². The molecule has 1 aromatic carbocycles. The summed E-state index contributed by atoms with van der Waals surface area (Å²) in [5, 5.41) is 11.7. The fourth-order valence-corrected chi connectivity index (χ4v) is 1.95. The number of amidine groups is 1. The van der Waals surface area contributed by atoms with Gasteiger partial charge in [-0.1, -0.05) is 24.2 Å². The van der Waals surface area contributed by atoms with Crippen LogP contribution in [0.3, 0.4) is 0 Å². The van der Waals surface area contributed by atoms with Gasteiger partial charge < -0.3 is 15.8 Å². The second kappa shape index (κ2) is 6.36. The van der Waals surface area contributed by atoms with Gasteiger partial charge in [-0.25, -0.2) is 4.39 Å². The number of carbonyl (C=O) groups is 1. The molecule has 3 N–H and O–H groups in total. The minimum Gasteiger partial charge on any atom is -0.409 e. The van der Waals surface area contributed by atoms with Crippen LogP contribution in [0, 0.1) is 11.2 Å². The Kier molecular flexibility index (Phi) is 5.07. The number of hydrogen-bond acceptors (Lipinski definition) is 3. The summed E-state index contributed by atoms with van der Waals surface area (Å²) in [5.74, 6) is -0.756. The molecule has 20 heavy (non-hydrogen) atoms. The summed E-state index contributed by atoms with van der Waals surface area (Å²) in [6, 6.07) is 6.04. The molecule has 0 fully saturated rings. The number of oxime groups is 1. The molecule has 6 heteroatoms. The highest BCUT2D eigenvalue weighted by molar-refractivity contribution is 6.06. The first kappa shape index (κ1) is 15.9. The van der Waals surface area contributed by atoms with Crippen LogP contribution in [0.2, 0.25) is 0 Å². The van der Waals surface area contributed by atoms with E-state index >= 15 is 0 Å². The molecule has 1 unspecified atom stereocenters. The van der Waals surface area contributed by atoms with Crippen molar-refractivity contribution in [3.8, 4) is 0 Å². The smallest absolute Gasteiger partial charge is 0.236 e. The summed E-state index contributed by atoms with van der Waals surface area (Å²) < 4.78 is 13.1. The molecule has 110 valence electrons. The van der Waals surface area contributed by atoms with Gasteiger partial charge in [-0.2, -0.15) is 0 Å². The van der Waals surface area contributed by atoms with Gasteiger partial charge in [-0.05, 0) is 31.0 Å². The van der Waals surface area contributed by atoms with E-state index in [0.717, 1.165) is 0 Å². The summed E-state index contributed by atoms with van der Waals surface area (Å²) >= 11 is 0. The van der Waals surface area contributed by atoms with Crippen LogP contribution in [0.25, 0.3) is 0 Å². The van der Waals surface area contributed by atoms with E-state index in [9.17, 15) is 9.18 Å². The molecule has 1 aromatic rings. The first-order chi connectivity index (χ1) is 9.35. The molecular weight excluding hydrogens is 261 g/mol. The molecule has 0 aliphatic carbocycles. The highest BCUT2D eigenvalue weighted by Crippen LogP contribution is 2.25. The highest BCUT2D eigenvalue weighted by Gasteiger charge is 2.38. The summed E-state index contributed by atoms with van der Waals surface area (Å²) in [5.41, 5.74) is 5.22. The van der Waals surface area contributed by atoms with Crippen molar-refractivity contribution in [2.75, 3.05) is 7.05 Å². The zero-order valence-electron chi connectivity index (χ0n) is 11.9. The standard InChI is InChI=1S/C14H20FN3O2/c1-4-14(2,12(16)17-20)13(19)18(3)9-10-6-5-7-11(15)8-10/h5-8,20H,4,9H2,1-3H3,(H2,16,17). The zero-order valence-corrected chi connectivity index (χ0v) is 11.9. The fraction of sp³-hybridized carbons (Fsp3) is 0.429. The Hall–Kier alpha value is -2.11. The van der Waals surface area contributed by atoms with Crippen LogP contribution in [0.4, 0.5) is 4.39 Å². The van der Waals surface area contributed by atoms with Crippen LogP contribution in [-0.4, -0.2) is 28.9 Å². The SMILES string of the molecule is CCC(C)(C(=O)N(C)Cc1cccc(F)c1)/C(N)=N/O. The molecule has 0 bridgehead atoms. The Bertz CT molecular complexity index is 519. The lowest BCUT2D eigenvalue weighted by Gasteiger charge is -2.30.